The summed E-state index contributed by atoms with van der Waals surface area (Å²) in [5.41, 5.74) is 4.40. The van der Waals surface area contributed by atoms with Gasteiger partial charge < -0.3 is 5.11 Å². The second-order valence-electron chi connectivity index (χ2n) is 7.50. The van der Waals surface area contributed by atoms with E-state index in [0.29, 0.717) is 11.3 Å². The van der Waals surface area contributed by atoms with Gasteiger partial charge in [-0.15, -0.1) is 0 Å². The van der Waals surface area contributed by atoms with E-state index >= 15 is 0 Å². The molecule has 0 heterocycles. The van der Waals surface area contributed by atoms with Crippen LogP contribution >= 0.6 is 0 Å². The highest BCUT2D eigenvalue weighted by atomic mass is 16.3. The third-order valence-electron chi connectivity index (χ3n) is 4.09. The zero-order chi connectivity index (χ0) is 14.0. The summed E-state index contributed by atoms with van der Waals surface area (Å²) >= 11 is 0. The number of aliphatic hydroxyl groups excluding tert-OH is 1. The molecule has 1 aromatic carbocycles. The van der Waals surface area contributed by atoms with Gasteiger partial charge in [-0.1, -0.05) is 45.9 Å². The van der Waals surface area contributed by atoms with Gasteiger partial charge in [0.1, 0.15) is 0 Å². The molecule has 0 radical (unpaired) electrons. The molecule has 0 fully saturated rings. The summed E-state index contributed by atoms with van der Waals surface area (Å²) in [7, 11) is 0. The summed E-state index contributed by atoms with van der Waals surface area (Å²) in [6.07, 6.45) is 5.41. The molecule has 106 valence electrons. The Hall–Kier alpha value is -0.820. The van der Waals surface area contributed by atoms with Gasteiger partial charge in [0.25, 0.3) is 0 Å². The summed E-state index contributed by atoms with van der Waals surface area (Å²) in [5.74, 6) is 0.559. The lowest BCUT2D eigenvalue weighted by Crippen LogP contribution is -2.13. The molecule has 1 aromatic rings. The van der Waals surface area contributed by atoms with E-state index in [0.717, 1.165) is 18.4 Å². The van der Waals surface area contributed by atoms with Crippen molar-refractivity contribution in [3.63, 3.8) is 0 Å². The minimum absolute atomic E-state index is 0.303. The van der Waals surface area contributed by atoms with Crippen LogP contribution in [0.25, 0.3) is 0 Å². The van der Waals surface area contributed by atoms with Gasteiger partial charge in [0, 0.05) is 0 Å². The van der Waals surface area contributed by atoms with Crippen LogP contribution in [0.4, 0.5) is 0 Å². The average molecular weight is 260 g/mol. The first-order valence-corrected chi connectivity index (χ1v) is 7.65. The number of benzene rings is 1. The quantitative estimate of drug-likeness (QED) is 0.834. The summed E-state index contributed by atoms with van der Waals surface area (Å²) < 4.78 is 0. The highest BCUT2D eigenvalue weighted by molar-refractivity contribution is 5.36. The van der Waals surface area contributed by atoms with Crippen molar-refractivity contribution in [2.75, 3.05) is 0 Å². The lowest BCUT2D eigenvalue weighted by atomic mass is 9.82. The topological polar surface area (TPSA) is 20.2 Å². The molecular weight excluding hydrogens is 232 g/mol. The Bertz CT molecular complexity index is 428. The molecule has 0 aromatic heterocycles. The van der Waals surface area contributed by atoms with Crippen LogP contribution in [0.3, 0.4) is 0 Å². The number of hydrogen-bond donors (Lipinski definition) is 1. The number of hydrogen-bond acceptors (Lipinski definition) is 1. The molecule has 19 heavy (non-hydrogen) atoms. The van der Waals surface area contributed by atoms with E-state index in [1.54, 1.807) is 0 Å². The van der Waals surface area contributed by atoms with Crippen molar-refractivity contribution in [3.8, 4) is 0 Å². The van der Waals surface area contributed by atoms with Crippen LogP contribution < -0.4 is 0 Å². The summed E-state index contributed by atoms with van der Waals surface area (Å²) in [6, 6.07) is 6.57. The third kappa shape index (κ3) is 4.07. The first-order valence-electron chi connectivity index (χ1n) is 7.65. The second-order valence-corrected chi connectivity index (χ2v) is 7.50. The molecule has 1 heteroatoms. The van der Waals surface area contributed by atoms with Crippen LogP contribution in [0.5, 0.6) is 0 Å². The van der Waals surface area contributed by atoms with E-state index in [4.69, 9.17) is 0 Å². The van der Waals surface area contributed by atoms with Gasteiger partial charge in [0.15, 0.2) is 0 Å². The smallest absolute Gasteiger partial charge is 0.0792 e. The van der Waals surface area contributed by atoms with Gasteiger partial charge in [-0.2, -0.15) is 0 Å². The third-order valence-corrected chi connectivity index (χ3v) is 4.09. The Labute approximate surface area is 118 Å². The van der Waals surface area contributed by atoms with Crippen LogP contribution in [0.1, 0.15) is 69.8 Å². The molecule has 1 aliphatic rings. The van der Waals surface area contributed by atoms with Gasteiger partial charge in [-0.3, -0.25) is 0 Å². The fourth-order valence-corrected chi connectivity index (χ4v) is 3.44. The Morgan fingerprint density at radius 3 is 2.53 bits per heavy atom. The number of fused-ring (bicyclic) bond motifs is 1. The average Bonchev–Trinajstić information content (AvgIpc) is 2.72. The molecule has 0 saturated carbocycles. The summed E-state index contributed by atoms with van der Waals surface area (Å²) in [6.45, 7) is 9.06. The Balaban J connectivity index is 1.98. The molecule has 0 aliphatic heterocycles. The van der Waals surface area contributed by atoms with Gasteiger partial charge in [-0.25, -0.2) is 0 Å². The number of rotatable bonds is 4. The second kappa shape index (κ2) is 5.66. The molecule has 1 nitrogen and oxygen atoms in total. The monoisotopic (exact) mass is 260 g/mol. The molecule has 0 amide bonds. The molecule has 0 spiro atoms. The van der Waals surface area contributed by atoms with Crippen LogP contribution in [0.15, 0.2) is 18.2 Å². The van der Waals surface area contributed by atoms with Gasteiger partial charge in [0.05, 0.1) is 6.10 Å². The van der Waals surface area contributed by atoms with Crippen molar-refractivity contribution in [2.24, 2.45) is 11.3 Å². The van der Waals surface area contributed by atoms with E-state index in [2.05, 4.69) is 45.9 Å². The maximum atomic E-state index is 10.4. The van der Waals surface area contributed by atoms with E-state index < -0.39 is 0 Å². The summed E-state index contributed by atoms with van der Waals surface area (Å²) in [4.78, 5) is 0. The van der Waals surface area contributed by atoms with Crippen molar-refractivity contribution >= 4 is 0 Å². The maximum Gasteiger partial charge on any atom is 0.0792 e. The van der Waals surface area contributed by atoms with Crippen LogP contribution in [0, 0.1) is 11.3 Å². The normalized spacial score (nSPS) is 18.2. The van der Waals surface area contributed by atoms with Crippen LogP contribution in [-0.4, -0.2) is 5.11 Å². The minimum atomic E-state index is -0.303. The van der Waals surface area contributed by atoms with Gasteiger partial charge >= 0.3 is 0 Å². The van der Waals surface area contributed by atoms with Crippen molar-refractivity contribution in [1.29, 1.82) is 0 Å². The Morgan fingerprint density at radius 1 is 1.16 bits per heavy atom. The minimum Gasteiger partial charge on any atom is -0.388 e. The van der Waals surface area contributed by atoms with Gasteiger partial charge in [0.2, 0.25) is 0 Å². The first-order chi connectivity index (χ1) is 8.85. The predicted molar refractivity (Wildman–Crippen MR) is 81.3 cm³/mol. The Kier molecular flexibility index (Phi) is 4.35. The van der Waals surface area contributed by atoms with Crippen LogP contribution in [0.2, 0.25) is 0 Å². The fourth-order valence-electron chi connectivity index (χ4n) is 3.44. The van der Waals surface area contributed by atoms with Crippen molar-refractivity contribution in [1.82, 2.24) is 0 Å². The lowest BCUT2D eigenvalue weighted by Gasteiger charge is -2.25. The standard InChI is InChI=1S/C18H28O/c1-13(12-18(2,3)4)10-17(19)16-9-8-14-6-5-7-15(14)11-16/h8-9,11,13,17,19H,5-7,10,12H2,1-4H3. The fraction of sp³-hybridized carbons (Fsp3) is 0.667. The lowest BCUT2D eigenvalue weighted by molar-refractivity contribution is 0.134. The summed E-state index contributed by atoms with van der Waals surface area (Å²) in [5, 5.41) is 10.4. The molecular formula is C18H28O. The van der Waals surface area contributed by atoms with E-state index in [1.165, 1.54) is 30.4 Å². The van der Waals surface area contributed by atoms with Crippen molar-refractivity contribution in [2.45, 2.75) is 65.9 Å². The van der Waals surface area contributed by atoms with Crippen molar-refractivity contribution < 1.29 is 5.11 Å². The molecule has 1 aliphatic carbocycles. The number of aryl methyl sites for hydroxylation is 2. The molecule has 2 rings (SSSR count). The largest absolute Gasteiger partial charge is 0.388 e. The Morgan fingerprint density at radius 2 is 1.84 bits per heavy atom. The van der Waals surface area contributed by atoms with Crippen molar-refractivity contribution in [3.05, 3.63) is 34.9 Å². The highest BCUT2D eigenvalue weighted by Crippen LogP contribution is 2.32. The van der Waals surface area contributed by atoms with E-state index in [-0.39, 0.29) is 6.10 Å². The maximum absolute atomic E-state index is 10.4. The zero-order valence-corrected chi connectivity index (χ0v) is 12.9. The molecule has 1 N–H and O–H groups in total. The first kappa shape index (κ1) is 14.6. The predicted octanol–water partition coefficient (Wildman–Crippen LogP) is 4.67. The van der Waals surface area contributed by atoms with Crippen LogP contribution in [-0.2, 0) is 12.8 Å². The number of aliphatic hydroxyl groups is 1. The van der Waals surface area contributed by atoms with E-state index in [1.807, 2.05) is 0 Å². The molecule has 0 saturated heterocycles. The van der Waals surface area contributed by atoms with E-state index in [9.17, 15) is 5.11 Å². The molecule has 2 unspecified atom stereocenters. The molecule has 2 atom stereocenters. The molecule has 0 bridgehead atoms. The van der Waals surface area contributed by atoms with Gasteiger partial charge in [-0.05, 0) is 60.1 Å². The highest BCUT2D eigenvalue weighted by Gasteiger charge is 2.20. The SMILES string of the molecule is CC(CC(O)c1ccc2c(c1)CCC2)CC(C)(C)C. The zero-order valence-electron chi connectivity index (χ0n) is 12.9.